The van der Waals surface area contributed by atoms with Crippen LogP contribution in [0.25, 0.3) is 0 Å². The van der Waals surface area contributed by atoms with Crippen molar-refractivity contribution in [1.82, 2.24) is 9.55 Å². The molecule has 0 atom stereocenters. The molecule has 2 rings (SSSR count). The number of benzene rings is 1. The van der Waals surface area contributed by atoms with E-state index in [9.17, 15) is 0 Å². The van der Waals surface area contributed by atoms with Gasteiger partial charge >= 0.3 is 0 Å². The molecule has 5 heteroatoms. The number of anilines is 1. The van der Waals surface area contributed by atoms with Crippen LogP contribution in [0.5, 0.6) is 11.5 Å². The van der Waals surface area contributed by atoms with Crippen LogP contribution in [0.2, 0.25) is 0 Å². The zero-order valence-corrected chi connectivity index (χ0v) is 11.5. The average Bonchev–Trinajstić information content (AvgIpc) is 2.78. The molecular formula is C14H19N3O2. The minimum atomic E-state index is 0.285. The van der Waals surface area contributed by atoms with Crippen LogP contribution in [0.1, 0.15) is 25.6 Å². The topological polar surface area (TPSA) is 62.3 Å². The Kier molecular flexibility index (Phi) is 3.94. The first-order valence-corrected chi connectivity index (χ1v) is 6.21. The Morgan fingerprint density at radius 2 is 1.95 bits per heavy atom. The normalized spacial score (nSPS) is 10.7. The molecule has 0 aliphatic rings. The molecule has 19 heavy (non-hydrogen) atoms. The molecule has 2 N–H and O–H groups in total. The van der Waals surface area contributed by atoms with Gasteiger partial charge in [0.05, 0.1) is 12.8 Å². The predicted molar refractivity (Wildman–Crippen MR) is 74.4 cm³/mol. The number of rotatable bonds is 5. The van der Waals surface area contributed by atoms with Gasteiger partial charge in [0, 0.05) is 12.2 Å². The first-order chi connectivity index (χ1) is 9.11. The number of methoxy groups -OCH3 is 1. The van der Waals surface area contributed by atoms with E-state index in [0.717, 1.165) is 5.69 Å². The van der Waals surface area contributed by atoms with Crippen molar-refractivity contribution in [2.45, 2.75) is 26.5 Å². The van der Waals surface area contributed by atoms with Crippen molar-refractivity contribution in [3.8, 4) is 11.5 Å². The summed E-state index contributed by atoms with van der Waals surface area (Å²) >= 11 is 0. The zero-order chi connectivity index (χ0) is 13.8. The smallest absolute Gasteiger partial charge is 0.200 e. The summed E-state index contributed by atoms with van der Waals surface area (Å²) in [6.07, 6.45) is 1.91. The van der Waals surface area contributed by atoms with Crippen molar-refractivity contribution in [2.24, 2.45) is 0 Å². The van der Waals surface area contributed by atoms with Crippen LogP contribution < -0.4 is 15.2 Å². The number of para-hydroxylation sites is 2. The van der Waals surface area contributed by atoms with E-state index >= 15 is 0 Å². The van der Waals surface area contributed by atoms with E-state index in [0.29, 0.717) is 24.1 Å². The van der Waals surface area contributed by atoms with Crippen molar-refractivity contribution in [1.29, 1.82) is 0 Å². The largest absolute Gasteiger partial charge is 0.493 e. The average molecular weight is 261 g/mol. The highest BCUT2D eigenvalue weighted by Gasteiger charge is 2.09. The SMILES string of the molecule is COc1ccccc1OCc1cn(C(C)C)c(N)n1. The Labute approximate surface area is 113 Å². The van der Waals surface area contributed by atoms with Gasteiger partial charge in [0.1, 0.15) is 6.61 Å². The lowest BCUT2D eigenvalue weighted by Crippen LogP contribution is -2.03. The Morgan fingerprint density at radius 3 is 2.53 bits per heavy atom. The van der Waals surface area contributed by atoms with E-state index in [4.69, 9.17) is 15.2 Å². The maximum Gasteiger partial charge on any atom is 0.200 e. The lowest BCUT2D eigenvalue weighted by molar-refractivity contribution is 0.281. The van der Waals surface area contributed by atoms with Crippen LogP contribution in [0.4, 0.5) is 5.95 Å². The van der Waals surface area contributed by atoms with Gasteiger partial charge in [-0.2, -0.15) is 0 Å². The van der Waals surface area contributed by atoms with E-state index < -0.39 is 0 Å². The fourth-order valence-electron chi connectivity index (χ4n) is 1.83. The maximum absolute atomic E-state index is 5.84. The Bertz CT molecular complexity index is 549. The fourth-order valence-corrected chi connectivity index (χ4v) is 1.83. The highest BCUT2D eigenvalue weighted by Crippen LogP contribution is 2.26. The third kappa shape index (κ3) is 2.99. The number of hydrogen-bond acceptors (Lipinski definition) is 4. The van der Waals surface area contributed by atoms with Crippen LogP contribution in [-0.4, -0.2) is 16.7 Å². The Morgan fingerprint density at radius 1 is 1.26 bits per heavy atom. The van der Waals surface area contributed by atoms with Gasteiger partial charge in [-0.15, -0.1) is 0 Å². The van der Waals surface area contributed by atoms with Gasteiger partial charge in [-0.3, -0.25) is 0 Å². The monoisotopic (exact) mass is 261 g/mol. The van der Waals surface area contributed by atoms with Crippen LogP contribution >= 0.6 is 0 Å². The van der Waals surface area contributed by atoms with Crippen LogP contribution in [0.15, 0.2) is 30.5 Å². The molecule has 0 radical (unpaired) electrons. The molecule has 2 aromatic rings. The van der Waals surface area contributed by atoms with Gasteiger partial charge in [0.2, 0.25) is 5.95 Å². The Hall–Kier alpha value is -2.17. The fraction of sp³-hybridized carbons (Fsp3) is 0.357. The summed E-state index contributed by atoms with van der Waals surface area (Å²) in [5.74, 6) is 1.91. The van der Waals surface area contributed by atoms with E-state index in [2.05, 4.69) is 18.8 Å². The van der Waals surface area contributed by atoms with Gasteiger partial charge in [-0.05, 0) is 26.0 Å². The molecule has 0 saturated carbocycles. The van der Waals surface area contributed by atoms with Crippen LogP contribution in [0, 0.1) is 0 Å². The number of ether oxygens (including phenoxy) is 2. The Balaban J connectivity index is 2.08. The maximum atomic E-state index is 5.84. The minimum Gasteiger partial charge on any atom is -0.493 e. The third-order valence-corrected chi connectivity index (χ3v) is 2.81. The molecule has 0 amide bonds. The van der Waals surface area contributed by atoms with E-state index in [1.807, 2.05) is 35.0 Å². The second-order valence-corrected chi connectivity index (χ2v) is 4.53. The van der Waals surface area contributed by atoms with Gasteiger partial charge in [-0.25, -0.2) is 4.98 Å². The molecule has 0 unspecified atom stereocenters. The number of nitrogens with zero attached hydrogens (tertiary/aromatic N) is 2. The molecule has 1 aromatic heterocycles. The molecular weight excluding hydrogens is 242 g/mol. The van der Waals surface area contributed by atoms with Crippen LogP contribution in [-0.2, 0) is 6.61 Å². The highest BCUT2D eigenvalue weighted by atomic mass is 16.5. The molecule has 5 nitrogen and oxygen atoms in total. The molecule has 0 bridgehead atoms. The predicted octanol–water partition coefficient (Wildman–Crippen LogP) is 2.63. The third-order valence-electron chi connectivity index (χ3n) is 2.81. The second kappa shape index (κ2) is 5.65. The highest BCUT2D eigenvalue weighted by molar-refractivity contribution is 5.39. The van der Waals surface area contributed by atoms with Gasteiger partial charge in [0.25, 0.3) is 0 Å². The summed E-state index contributed by atoms with van der Waals surface area (Å²) in [6, 6.07) is 7.81. The molecule has 102 valence electrons. The summed E-state index contributed by atoms with van der Waals surface area (Å²) in [4.78, 5) is 4.28. The molecule has 0 spiro atoms. The molecule has 1 aromatic carbocycles. The number of imidazole rings is 1. The lowest BCUT2D eigenvalue weighted by atomic mass is 10.3. The first kappa shape index (κ1) is 13.3. The zero-order valence-electron chi connectivity index (χ0n) is 11.5. The van der Waals surface area contributed by atoms with Crippen molar-refractivity contribution in [3.05, 3.63) is 36.2 Å². The van der Waals surface area contributed by atoms with Gasteiger partial charge < -0.3 is 19.8 Å². The van der Waals surface area contributed by atoms with Crippen LogP contribution in [0.3, 0.4) is 0 Å². The molecule has 0 saturated heterocycles. The minimum absolute atomic E-state index is 0.285. The summed E-state index contributed by atoms with van der Waals surface area (Å²) in [5, 5.41) is 0. The molecule has 0 aliphatic heterocycles. The van der Waals surface area contributed by atoms with E-state index in [1.165, 1.54) is 0 Å². The number of aromatic nitrogens is 2. The summed E-state index contributed by atoms with van der Waals surface area (Å²) in [7, 11) is 1.62. The first-order valence-electron chi connectivity index (χ1n) is 6.21. The van der Waals surface area contributed by atoms with Crippen molar-refractivity contribution in [2.75, 3.05) is 12.8 Å². The number of nitrogen functional groups attached to an aromatic ring is 1. The summed E-state index contributed by atoms with van der Waals surface area (Å²) in [5.41, 5.74) is 6.64. The summed E-state index contributed by atoms with van der Waals surface area (Å²) < 4.78 is 12.8. The second-order valence-electron chi connectivity index (χ2n) is 4.53. The number of nitrogens with two attached hydrogens (primary N) is 1. The van der Waals surface area contributed by atoms with E-state index in [-0.39, 0.29) is 6.04 Å². The molecule has 0 fully saturated rings. The van der Waals surface area contributed by atoms with Crippen molar-refractivity contribution in [3.63, 3.8) is 0 Å². The summed E-state index contributed by atoms with van der Waals surface area (Å²) in [6.45, 7) is 4.48. The molecule has 1 heterocycles. The quantitative estimate of drug-likeness (QED) is 0.898. The van der Waals surface area contributed by atoms with Gasteiger partial charge in [0.15, 0.2) is 11.5 Å². The standard InChI is InChI=1S/C14H19N3O2/c1-10(2)17-8-11(16-14(17)15)9-19-13-7-5-4-6-12(13)18-3/h4-8,10H,9H2,1-3H3,(H2,15,16). The van der Waals surface area contributed by atoms with Crippen molar-refractivity contribution >= 4 is 5.95 Å². The van der Waals surface area contributed by atoms with Gasteiger partial charge in [-0.1, -0.05) is 12.1 Å². The van der Waals surface area contributed by atoms with Crippen molar-refractivity contribution < 1.29 is 9.47 Å². The van der Waals surface area contributed by atoms with E-state index in [1.54, 1.807) is 7.11 Å². The lowest BCUT2D eigenvalue weighted by Gasteiger charge is -2.09. The molecule has 0 aliphatic carbocycles. The number of hydrogen-bond donors (Lipinski definition) is 1.